The number of rotatable bonds is 4. The van der Waals surface area contributed by atoms with E-state index in [4.69, 9.17) is 0 Å². The van der Waals surface area contributed by atoms with Crippen LogP contribution in [-0.4, -0.2) is 48.0 Å². The Morgan fingerprint density at radius 3 is 2.57 bits per heavy atom. The molecule has 6 nitrogen and oxygen atoms in total. The van der Waals surface area contributed by atoms with Crippen molar-refractivity contribution in [1.82, 2.24) is 14.6 Å². The first-order valence-corrected chi connectivity index (χ1v) is 9.76. The lowest BCUT2D eigenvalue weighted by Gasteiger charge is -2.42. The van der Waals surface area contributed by atoms with Crippen LogP contribution >= 0.6 is 0 Å². The predicted molar refractivity (Wildman–Crippen MR) is 87.4 cm³/mol. The minimum absolute atomic E-state index is 0.0525. The maximum Gasteiger partial charge on any atom is 0.221 e. The minimum atomic E-state index is -3.16. The summed E-state index contributed by atoms with van der Waals surface area (Å²) < 4.78 is 26.0. The lowest BCUT2D eigenvalue weighted by atomic mass is 9.75. The van der Waals surface area contributed by atoms with Crippen molar-refractivity contribution in [3.63, 3.8) is 0 Å². The molecule has 1 aromatic rings. The summed E-state index contributed by atoms with van der Waals surface area (Å²) >= 11 is 0. The number of nitrogens with zero attached hydrogens (tertiary/aromatic N) is 2. The molecule has 3 rings (SSSR count). The summed E-state index contributed by atoms with van der Waals surface area (Å²) in [6.07, 6.45) is 5.90. The van der Waals surface area contributed by atoms with Gasteiger partial charge in [0, 0.05) is 43.4 Å². The normalized spacial score (nSPS) is 24.7. The quantitative estimate of drug-likeness (QED) is 0.897. The molecule has 3 heterocycles. The van der Waals surface area contributed by atoms with Gasteiger partial charge in [-0.3, -0.25) is 9.78 Å². The third-order valence-electron chi connectivity index (χ3n) is 5.02. The maximum absolute atomic E-state index is 12.2. The SMILES string of the molecule is CCCS(=O)(=O)N1CCC2(CC1)NC(=O)C[C@H]2c1ccncc1. The van der Waals surface area contributed by atoms with Crippen molar-refractivity contribution in [1.29, 1.82) is 0 Å². The first kappa shape index (κ1) is 16.4. The first-order chi connectivity index (χ1) is 11.0. The largest absolute Gasteiger partial charge is 0.350 e. The van der Waals surface area contributed by atoms with E-state index < -0.39 is 10.0 Å². The molecule has 1 aromatic heterocycles. The summed E-state index contributed by atoms with van der Waals surface area (Å²) in [5.41, 5.74) is 0.777. The van der Waals surface area contributed by atoms with Gasteiger partial charge in [-0.2, -0.15) is 0 Å². The van der Waals surface area contributed by atoms with Gasteiger partial charge < -0.3 is 5.32 Å². The molecule has 1 N–H and O–H groups in total. The van der Waals surface area contributed by atoms with E-state index in [9.17, 15) is 13.2 Å². The Morgan fingerprint density at radius 2 is 1.96 bits per heavy atom. The van der Waals surface area contributed by atoms with Crippen molar-refractivity contribution in [2.45, 2.75) is 44.1 Å². The molecule has 0 aromatic carbocycles. The molecule has 0 aliphatic carbocycles. The summed E-state index contributed by atoms with van der Waals surface area (Å²) in [6, 6.07) is 3.90. The molecule has 0 saturated carbocycles. The van der Waals surface area contributed by atoms with Crippen molar-refractivity contribution < 1.29 is 13.2 Å². The zero-order chi connectivity index (χ0) is 16.5. The summed E-state index contributed by atoms with van der Waals surface area (Å²) in [5.74, 6) is 0.339. The highest BCUT2D eigenvalue weighted by Crippen LogP contribution is 2.43. The highest BCUT2D eigenvalue weighted by atomic mass is 32.2. The fourth-order valence-electron chi connectivity index (χ4n) is 3.85. The second-order valence-electron chi connectivity index (χ2n) is 6.46. The van der Waals surface area contributed by atoms with Crippen LogP contribution < -0.4 is 5.32 Å². The summed E-state index contributed by atoms with van der Waals surface area (Å²) in [7, 11) is -3.16. The van der Waals surface area contributed by atoms with Crippen molar-refractivity contribution in [3.05, 3.63) is 30.1 Å². The van der Waals surface area contributed by atoms with Gasteiger partial charge in [0.25, 0.3) is 0 Å². The Kier molecular flexibility index (Phi) is 4.42. The first-order valence-electron chi connectivity index (χ1n) is 8.15. The molecule has 7 heteroatoms. The number of pyridine rings is 1. The number of hydrogen-bond donors (Lipinski definition) is 1. The molecule has 0 bridgehead atoms. The van der Waals surface area contributed by atoms with E-state index in [1.807, 2.05) is 19.1 Å². The van der Waals surface area contributed by atoms with Crippen molar-refractivity contribution >= 4 is 15.9 Å². The van der Waals surface area contributed by atoms with Gasteiger partial charge in [0.15, 0.2) is 0 Å². The number of nitrogens with one attached hydrogen (secondary N) is 1. The molecule has 0 unspecified atom stereocenters. The van der Waals surface area contributed by atoms with Crippen molar-refractivity contribution in [2.24, 2.45) is 0 Å². The van der Waals surface area contributed by atoms with Gasteiger partial charge >= 0.3 is 0 Å². The number of sulfonamides is 1. The van der Waals surface area contributed by atoms with Crippen LogP contribution in [0.3, 0.4) is 0 Å². The average molecular weight is 337 g/mol. The molecular formula is C16H23N3O3S. The van der Waals surface area contributed by atoms with E-state index in [0.717, 1.165) is 5.56 Å². The van der Waals surface area contributed by atoms with E-state index >= 15 is 0 Å². The molecule has 1 spiro atoms. The Balaban J connectivity index is 1.79. The number of amides is 1. The molecular weight excluding hydrogens is 314 g/mol. The van der Waals surface area contributed by atoms with E-state index in [1.54, 1.807) is 16.7 Å². The molecule has 0 radical (unpaired) electrons. The van der Waals surface area contributed by atoms with Crippen LogP contribution in [0, 0.1) is 0 Å². The molecule has 23 heavy (non-hydrogen) atoms. The standard InChI is InChI=1S/C16H23N3O3S/c1-2-11-23(21,22)19-9-5-16(6-10-19)14(12-15(20)18-16)13-3-7-17-8-4-13/h3-4,7-8,14H,2,5-6,9-12H2,1H3,(H,18,20)/t14-/m0/s1. The van der Waals surface area contributed by atoms with Gasteiger partial charge in [-0.1, -0.05) is 6.92 Å². The van der Waals surface area contributed by atoms with Gasteiger partial charge in [0.2, 0.25) is 15.9 Å². The molecule has 2 aliphatic heterocycles. The van der Waals surface area contributed by atoms with Crippen LogP contribution in [0.15, 0.2) is 24.5 Å². The zero-order valence-electron chi connectivity index (χ0n) is 13.4. The van der Waals surface area contributed by atoms with E-state index in [2.05, 4.69) is 10.3 Å². The number of hydrogen-bond acceptors (Lipinski definition) is 4. The van der Waals surface area contributed by atoms with E-state index in [1.165, 1.54) is 0 Å². The smallest absolute Gasteiger partial charge is 0.221 e. The van der Waals surface area contributed by atoms with Gasteiger partial charge in [0.05, 0.1) is 5.75 Å². The van der Waals surface area contributed by atoms with Gasteiger partial charge in [-0.15, -0.1) is 0 Å². The Morgan fingerprint density at radius 1 is 1.30 bits per heavy atom. The molecule has 2 saturated heterocycles. The lowest BCUT2D eigenvalue weighted by Crippen LogP contribution is -2.54. The Hall–Kier alpha value is -1.47. The molecule has 126 valence electrons. The molecule has 1 amide bonds. The van der Waals surface area contributed by atoms with Crippen LogP contribution in [-0.2, 0) is 14.8 Å². The van der Waals surface area contributed by atoms with Crippen LogP contribution in [0.5, 0.6) is 0 Å². The van der Waals surface area contributed by atoms with Gasteiger partial charge in [-0.05, 0) is 37.0 Å². The topological polar surface area (TPSA) is 79.4 Å². The van der Waals surface area contributed by atoms with Crippen molar-refractivity contribution in [2.75, 3.05) is 18.8 Å². The third kappa shape index (κ3) is 3.12. The molecule has 1 atom stereocenters. The zero-order valence-corrected chi connectivity index (χ0v) is 14.2. The molecule has 2 fully saturated rings. The fraction of sp³-hybridized carbons (Fsp3) is 0.625. The molecule has 2 aliphatic rings. The van der Waals surface area contributed by atoms with Crippen LogP contribution in [0.4, 0.5) is 0 Å². The summed E-state index contributed by atoms with van der Waals surface area (Å²) in [6.45, 7) is 2.83. The van der Waals surface area contributed by atoms with Crippen LogP contribution in [0.2, 0.25) is 0 Å². The third-order valence-corrected chi connectivity index (χ3v) is 7.10. The predicted octanol–water partition coefficient (Wildman–Crippen LogP) is 1.26. The Bertz CT molecular complexity index is 667. The monoisotopic (exact) mass is 337 g/mol. The van der Waals surface area contributed by atoms with E-state index in [-0.39, 0.29) is 23.1 Å². The number of aromatic nitrogens is 1. The second kappa shape index (κ2) is 6.20. The van der Waals surface area contributed by atoms with Crippen molar-refractivity contribution in [3.8, 4) is 0 Å². The van der Waals surface area contributed by atoms with Crippen LogP contribution in [0.1, 0.15) is 44.1 Å². The number of carbonyl (C=O) groups excluding carboxylic acids is 1. The maximum atomic E-state index is 12.2. The van der Waals surface area contributed by atoms with Crippen LogP contribution in [0.25, 0.3) is 0 Å². The summed E-state index contributed by atoms with van der Waals surface area (Å²) in [5, 5.41) is 3.14. The number of piperidine rings is 1. The Labute approximate surface area is 137 Å². The summed E-state index contributed by atoms with van der Waals surface area (Å²) in [4.78, 5) is 16.1. The highest BCUT2D eigenvalue weighted by molar-refractivity contribution is 7.89. The second-order valence-corrected chi connectivity index (χ2v) is 8.55. The lowest BCUT2D eigenvalue weighted by molar-refractivity contribution is -0.120. The minimum Gasteiger partial charge on any atom is -0.350 e. The van der Waals surface area contributed by atoms with Gasteiger partial charge in [-0.25, -0.2) is 12.7 Å². The number of carbonyl (C=O) groups is 1. The average Bonchev–Trinajstić information content (AvgIpc) is 2.84. The van der Waals surface area contributed by atoms with Gasteiger partial charge in [0.1, 0.15) is 0 Å². The fourth-order valence-corrected chi connectivity index (χ4v) is 5.37. The van der Waals surface area contributed by atoms with E-state index in [0.29, 0.717) is 38.8 Å². The highest BCUT2D eigenvalue weighted by Gasteiger charge is 2.49.